The van der Waals surface area contributed by atoms with Gasteiger partial charge in [0.25, 0.3) is 0 Å². The molecule has 0 aromatic heterocycles. The van der Waals surface area contributed by atoms with Gasteiger partial charge in [-0.25, -0.2) is 8.42 Å². The summed E-state index contributed by atoms with van der Waals surface area (Å²) in [5.41, 5.74) is 0.301. The number of hydrogen-bond acceptors (Lipinski definition) is 3. The summed E-state index contributed by atoms with van der Waals surface area (Å²) in [5.74, 6) is -0.365. The van der Waals surface area contributed by atoms with Crippen LogP contribution in [0.15, 0.2) is 23.6 Å². The summed E-state index contributed by atoms with van der Waals surface area (Å²) in [7, 11) is -3.38. The van der Waals surface area contributed by atoms with E-state index in [1.54, 1.807) is 0 Å². The van der Waals surface area contributed by atoms with Crippen LogP contribution >= 0.6 is 23.2 Å². The van der Waals surface area contributed by atoms with Crippen molar-refractivity contribution in [3.63, 3.8) is 0 Å². The number of sulfone groups is 1. The highest BCUT2D eigenvalue weighted by atomic mass is 35.5. The minimum absolute atomic E-state index is 0.252. The van der Waals surface area contributed by atoms with Gasteiger partial charge >= 0.3 is 0 Å². The standard InChI is InChI=1S/C9H8Cl2O3S/c1-15(13,14)5-9(12)6-2-3-7(10)8(11)4-6/h2-5,12H,1H3. The predicted molar refractivity (Wildman–Crippen MR) is 61.9 cm³/mol. The highest BCUT2D eigenvalue weighted by molar-refractivity contribution is 7.93. The fourth-order valence-corrected chi connectivity index (χ4v) is 1.77. The highest BCUT2D eigenvalue weighted by Gasteiger charge is 2.06. The number of benzene rings is 1. The van der Waals surface area contributed by atoms with Crippen LogP contribution in [-0.2, 0) is 9.84 Å². The SMILES string of the molecule is CS(=O)(=O)C=C(O)c1ccc(Cl)c(Cl)c1. The lowest BCUT2D eigenvalue weighted by atomic mass is 10.2. The van der Waals surface area contributed by atoms with Gasteiger partial charge in [-0.15, -0.1) is 0 Å². The first kappa shape index (κ1) is 12.4. The van der Waals surface area contributed by atoms with E-state index in [0.717, 1.165) is 11.7 Å². The van der Waals surface area contributed by atoms with Crippen LogP contribution in [0.2, 0.25) is 10.0 Å². The number of halogens is 2. The maximum absolute atomic E-state index is 10.9. The minimum Gasteiger partial charge on any atom is -0.507 e. The Labute approximate surface area is 97.9 Å². The summed E-state index contributed by atoms with van der Waals surface area (Å²) >= 11 is 11.4. The first-order valence-corrected chi connectivity index (χ1v) is 6.57. The molecule has 3 nitrogen and oxygen atoms in total. The van der Waals surface area contributed by atoms with E-state index in [-0.39, 0.29) is 10.8 Å². The Kier molecular flexibility index (Phi) is 3.65. The largest absolute Gasteiger partial charge is 0.507 e. The van der Waals surface area contributed by atoms with Crippen molar-refractivity contribution >= 4 is 38.8 Å². The van der Waals surface area contributed by atoms with Gasteiger partial charge in [-0.1, -0.05) is 23.2 Å². The second-order valence-electron chi connectivity index (χ2n) is 2.96. The Morgan fingerprint density at radius 2 is 1.93 bits per heavy atom. The van der Waals surface area contributed by atoms with Gasteiger partial charge < -0.3 is 5.11 Å². The third-order valence-electron chi connectivity index (χ3n) is 1.54. The van der Waals surface area contributed by atoms with Crippen LogP contribution in [0.3, 0.4) is 0 Å². The number of aliphatic hydroxyl groups is 1. The molecule has 6 heteroatoms. The zero-order valence-corrected chi connectivity index (χ0v) is 10.1. The molecule has 1 aromatic rings. The van der Waals surface area contributed by atoms with E-state index in [2.05, 4.69) is 0 Å². The predicted octanol–water partition coefficient (Wildman–Crippen LogP) is 2.89. The van der Waals surface area contributed by atoms with E-state index in [1.165, 1.54) is 18.2 Å². The Hall–Kier alpha value is -0.710. The molecule has 1 aromatic carbocycles. The molecule has 1 rings (SSSR count). The van der Waals surface area contributed by atoms with Gasteiger partial charge in [0.2, 0.25) is 0 Å². The molecule has 1 N–H and O–H groups in total. The van der Waals surface area contributed by atoms with Crippen LogP contribution in [0, 0.1) is 0 Å². The van der Waals surface area contributed by atoms with Gasteiger partial charge in [-0.05, 0) is 18.2 Å². The molecule has 0 aliphatic carbocycles. The van der Waals surface area contributed by atoms with Crippen molar-refractivity contribution in [2.24, 2.45) is 0 Å². The normalized spacial score (nSPS) is 12.9. The maximum atomic E-state index is 10.9. The first-order chi connectivity index (χ1) is 6.79. The smallest absolute Gasteiger partial charge is 0.172 e. The molecule has 0 atom stereocenters. The summed E-state index contributed by atoms with van der Waals surface area (Å²) < 4.78 is 21.7. The molecule has 0 bridgehead atoms. The van der Waals surface area contributed by atoms with Crippen molar-refractivity contribution in [1.82, 2.24) is 0 Å². The molecule has 0 saturated heterocycles. The van der Waals surface area contributed by atoms with E-state index in [4.69, 9.17) is 23.2 Å². The molecular formula is C9H8Cl2O3S. The molecule has 15 heavy (non-hydrogen) atoms. The van der Waals surface area contributed by atoms with Crippen LogP contribution in [-0.4, -0.2) is 19.8 Å². The molecular weight excluding hydrogens is 259 g/mol. The van der Waals surface area contributed by atoms with E-state index in [9.17, 15) is 13.5 Å². The van der Waals surface area contributed by atoms with Crippen LogP contribution in [0.25, 0.3) is 5.76 Å². The van der Waals surface area contributed by atoms with Crippen molar-refractivity contribution in [3.05, 3.63) is 39.2 Å². The Balaban J connectivity index is 3.19. The summed E-state index contributed by atoms with van der Waals surface area (Å²) in [6, 6.07) is 4.34. The summed E-state index contributed by atoms with van der Waals surface area (Å²) in [4.78, 5) is 0. The van der Waals surface area contributed by atoms with Gasteiger partial charge in [0.05, 0.1) is 15.5 Å². The van der Waals surface area contributed by atoms with Crippen LogP contribution < -0.4 is 0 Å². The third kappa shape index (κ3) is 3.74. The number of hydrogen-bond donors (Lipinski definition) is 1. The van der Waals surface area contributed by atoms with Crippen LogP contribution in [0.4, 0.5) is 0 Å². The molecule has 0 fully saturated rings. The lowest BCUT2D eigenvalue weighted by Crippen LogP contribution is -1.92. The molecule has 82 valence electrons. The van der Waals surface area contributed by atoms with Crippen molar-refractivity contribution in [1.29, 1.82) is 0 Å². The third-order valence-corrected chi connectivity index (χ3v) is 2.93. The molecule has 0 radical (unpaired) electrons. The van der Waals surface area contributed by atoms with Crippen molar-refractivity contribution in [2.75, 3.05) is 6.26 Å². The molecule has 0 spiro atoms. The van der Waals surface area contributed by atoms with Gasteiger partial charge in [-0.3, -0.25) is 0 Å². The number of rotatable bonds is 2. The van der Waals surface area contributed by atoms with E-state index in [0.29, 0.717) is 10.6 Å². The molecule has 0 amide bonds. The van der Waals surface area contributed by atoms with E-state index in [1.807, 2.05) is 0 Å². The fraction of sp³-hybridized carbons (Fsp3) is 0.111. The first-order valence-electron chi connectivity index (χ1n) is 3.86. The van der Waals surface area contributed by atoms with Gasteiger partial charge in [0.15, 0.2) is 9.84 Å². The van der Waals surface area contributed by atoms with Gasteiger partial charge in [0, 0.05) is 11.8 Å². The van der Waals surface area contributed by atoms with Gasteiger partial charge in [0.1, 0.15) is 5.76 Å². The zero-order chi connectivity index (χ0) is 11.6. The Morgan fingerprint density at radius 3 is 2.40 bits per heavy atom. The molecule has 0 aliphatic rings. The topological polar surface area (TPSA) is 54.4 Å². The van der Waals surface area contributed by atoms with E-state index >= 15 is 0 Å². The van der Waals surface area contributed by atoms with Crippen LogP contribution in [0.5, 0.6) is 0 Å². The molecule has 0 saturated carbocycles. The summed E-state index contributed by atoms with van der Waals surface area (Å²) in [6.07, 6.45) is 0.987. The summed E-state index contributed by atoms with van der Waals surface area (Å²) in [5, 5.41) is 10.8. The van der Waals surface area contributed by atoms with Gasteiger partial charge in [-0.2, -0.15) is 0 Å². The average Bonchev–Trinajstić information content (AvgIpc) is 2.06. The number of aliphatic hydroxyl groups excluding tert-OH is 1. The van der Waals surface area contributed by atoms with Crippen molar-refractivity contribution in [3.8, 4) is 0 Å². The quantitative estimate of drug-likeness (QED) is 0.838. The summed E-state index contributed by atoms with van der Waals surface area (Å²) in [6.45, 7) is 0. The second-order valence-corrected chi connectivity index (χ2v) is 5.67. The highest BCUT2D eigenvalue weighted by Crippen LogP contribution is 2.25. The monoisotopic (exact) mass is 266 g/mol. The maximum Gasteiger partial charge on any atom is 0.172 e. The molecule has 0 heterocycles. The molecule has 0 unspecified atom stereocenters. The zero-order valence-electron chi connectivity index (χ0n) is 7.74. The van der Waals surface area contributed by atoms with Crippen molar-refractivity contribution in [2.45, 2.75) is 0 Å². The van der Waals surface area contributed by atoms with E-state index < -0.39 is 9.84 Å². The second kappa shape index (κ2) is 4.43. The Morgan fingerprint density at radius 1 is 1.33 bits per heavy atom. The Bertz CT molecular complexity index is 506. The van der Waals surface area contributed by atoms with Crippen molar-refractivity contribution < 1.29 is 13.5 Å². The average molecular weight is 267 g/mol. The molecule has 0 aliphatic heterocycles. The van der Waals surface area contributed by atoms with Crippen LogP contribution in [0.1, 0.15) is 5.56 Å². The fourth-order valence-electron chi connectivity index (χ4n) is 0.926. The lowest BCUT2D eigenvalue weighted by molar-refractivity contribution is 0.512. The minimum atomic E-state index is -3.38. The lowest BCUT2D eigenvalue weighted by Gasteiger charge is -2.01.